The quantitative estimate of drug-likeness (QED) is 0.769. The Bertz CT molecular complexity index is 681. The summed E-state index contributed by atoms with van der Waals surface area (Å²) in [6.07, 6.45) is -4.49. The first-order valence-electron chi connectivity index (χ1n) is 6.27. The minimum atomic E-state index is -4.49. The number of aryl methyl sites for hydroxylation is 1. The van der Waals surface area contributed by atoms with Crippen LogP contribution >= 0.6 is 0 Å². The average Bonchev–Trinajstić information content (AvgIpc) is 2.42. The number of rotatable bonds is 2. The molecule has 22 heavy (non-hydrogen) atoms. The molecule has 0 aliphatic carbocycles. The number of hydrogen-bond donors (Lipinski definition) is 2. The monoisotopic (exact) mass is 312 g/mol. The number of hydrogen-bond acceptors (Lipinski definition) is 1. The van der Waals surface area contributed by atoms with Gasteiger partial charge in [0.25, 0.3) is 0 Å². The van der Waals surface area contributed by atoms with E-state index < -0.39 is 23.6 Å². The highest BCUT2D eigenvalue weighted by Gasteiger charge is 2.30. The lowest BCUT2D eigenvalue weighted by Gasteiger charge is -2.13. The van der Waals surface area contributed by atoms with Crippen molar-refractivity contribution in [1.82, 2.24) is 0 Å². The normalized spacial score (nSPS) is 11.1. The van der Waals surface area contributed by atoms with E-state index in [-0.39, 0.29) is 5.69 Å². The third-order valence-corrected chi connectivity index (χ3v) is 2.92. The summed E-state index contributed by atoms with van der Waals surface area (Å²) in [6.45, 7) is 1.58. The molecule has 2 N–H and O–H groups in total. The van der Waals surface area contributed by atoms with Gasteiger partial charge in [-0.3, -0.25) is 0 Å². The third kappa shape index (κ3) is 3.97. The van der Waals surface area contributed by atoms with Crippen LogP contribution in [0, 0.1) is 12.7 Å². The highest BCUT2D eigenvalue weighted by atomic mass is 19.4. The molecular weight excluding hydrogens is 300 g/mol. The van der Waals surface area contributed by atoms with Gasteiger partial charge in [0.2, 0.25) is 0 Å². The summed E-state index contributed by atoms with van der Waals surface area (Å²) < 4.78 is 50.7. The van der Waals surface area contributed by atoms with Crippen LogP contribution in [0.3, 0.4) is 0 Å². The Hall–Kier alpha value is -2.57. The first-order valence-corrected chi connectivity index (χ1v) is 6.27. The largest absolute Gasteiger partial charge is 0.416 e. The molecule has 2 aromatic carbocycles. The van der Waals surface area contributed by atoms with Gasteiger partial charge in [-0.15, -0.1) is 0 Å². The van der Waals surface area contributed by atoms with E-state index >= 15 is 0 Å². The highest BCUT2D eigenvalue weighted by Crippen LogP contribution is 2.32. The van der Waals surface area contributed by atoms with Gasteiger partial charge in [-0.25, -0.2) is 9.18 Å². The molecule has 0 aliphatic heterocycles. The van der Waals surface area contributed by atoms with Crippen LogP contribution in [-0.4, -0.2) is 6.03 Å². The number of nitrogens with one attached hydrogen (secondary N) is 2. The molecule has 0 atom stereocenters. The van der Waals surface area contributed by atoms with Crippen LogP contribution in [0.5, 0.6) is 0 Å². The molecule has 0 saturated heterocycles. The van der Waals surface area contributed by atoms with E-state index in [1.54, 1.807) is 6.92 Å². The first-order chi connectivity index (χ1) is 10.3. The number of amides is 2. The Morgan fingerprint density at radius 2 is 1.64 bits per heavy atom. The molecule has 2 rings (SSSR count). The summed E-state index contributed by atoms with van der Waals surface area (Å²) >= 11 is 0. The van der Waals surface area contributed by atoms with Gasteiger partial charge in [-0.05, 0) is 48.9 Å². The van der Waals surface area contributed by atoms with Gasteiger partial charge in [0.1, 0.15) is 5.82 Å². The van der Waals surface area contributed by atoms with Crippen LogP contribution in [0.4, 0.5) is 33.7 Å². The van der Waals surface area contributed by atoms with E-state index in [1.807, 2.05) is 0 Å². The Balaban J connectivity index is 2.12. The second kappa shape index (κ2) is 6.05. The fraction of sp³-hybridized carbons (Fsp3) is 0.133. The minimum absolute atomic E-state index is 0.0504. The molecule has 0 aromatic heterocycles. The molecule has 0 radical (unpaired) electrons. The van der Waals surface area contributed by atoms with Crippen molar-refractivity contribution < 1.29 is 22.4 Å². The smallest absolute Gasteiger partial charge is 0.308 e. The highest BCUT2D eigenvalue weighted by molar-refractivity contribution is 6.00. The number of urea groups is 1. The molecule has 3 nitrogen and oxygen atoms in total. The molecule has 0 unspecified atom stereocenters. The van der Waals surface area contributed by atoms with Crippen molar-refractivity contribution in [3.8, 4) is 0 Å². The van der Waals surface area contributed by atoms with Crippen LogP contribution < -0.4 is 10.6 Å². The van der Waals surface area contributed by atoms with Gasteiger partial charge in [0, 0.05) is 11.4 Å². The second-order valence-corrected chi connectivity index (χ2v) is 4.61. The van der Waals surface area contributed by atoms with Crippen LogP contribution in [-0.2, 0) is 6.18 Å². The van der Waals surface area contributed by atoms with Crippen molar-refractivity contribution in [2.24, 2.45) is 0 Å². The van der Waals surface area contributed by atoms with E-state index in [0.717, 1.165) is 24.3 Å². The van der Waals surface area contributed by atoms with Gasteiger partial charge < -0.3 is 10.6 Å². The maximum atomic E-state index is 12.7. The van der Waals surface area contributed by atoms with Gasteiger partial charge in [0.05, 0.1) is 5.56 Å². The summed E-state index contributed by atoms with van der Waals surface area (Å²) in [5, 5.41) is 4.75. The van der Waals surface area contributed by atoms with Crippen LogP contribution in [0.25, 0.3) is 0 Å². The summed E-state index contributed by atoms with van der Waals surface area (Å²) in [6, 6.07) is 7.36. The predicted molar refractivity (Wildman–Crippen MR) is 75.2 cm³/mol. The fourth-order valence-electron chi connectivity index (χ4n) is 1.75. The van der Waals surface area contributed by atoms with Gasteiger partial charge in [-0.2, -0.15) is 13.2 Å². The molecule has 0 heterocycles. The van der Waals surface area contributed by atoms with Crippen molar-refractivity contribution in [1.29, 1.82) is 0 Å². The van der Waals surface area contributed by atoms with E-state index in [0.29, 0.717) is 11.3 Å². The Labute approximate surface area is 124 Å². The number of alkyl halides is 3. The van der Waals surface area contributed by atoms with E-state index in [9.17, 15) is 22.4 Å². The molecule has 2 amide bonds. The number of carbonyl (C=O) groups excluding carboxylic acids is 1. The first kappa shape index (κ1) is 15.8. The molecular formula is C15H12F4N2O. The number of halogens is 4. The standard InChI is InChI=1S/C15H12F4N2O/c1-9-2-3-10(15(17,18)19)8-13(9)21-14(22)20-12-6-4-11(16)5-7-12/h2-8H,1H3,(H2,20,21,22). The number of carbonyl (C=O) groups is 1. The van der Waals surface area contributed by atoms with Crippen LogP contribution in [0.15, 0.2) is 42.5 Å². The van der Waals surface area contributed by atoms with Crippen molar-refractivity contribution >= 4 is 17.4 Å². The zero-order chi connectivity index (χ0) is 16.3. The minimum Gasteiger partial charge on any atom is -0.308 e. The molecule has 0 saturated carbocycles. The zero-order valence-electron chi connectivity index (χ0n) is 11.5. The summed E-state index contributed by atoms with van der Waals surface area (Å²) in [7, 11) is 0. The predicted octanol–water partition coefficient (Wildman–Crippen LogP) is 4.80. The Morgan fingerprint density at radius 3 is 2.23 bits per heavy atom. The van der Waals surface area contributed by atoms with E-state index in [1.165, 1.54) is 18.2 Å². The summed E-state index contributed by atoms with van der Waals surface area (Å²) in [5.74, 6) is -0.459. The average molecular weight is 312 g/mol. The molecule has 0 fully saturated rings. The topological polar surface area (TPSA) is 41.1 Å². The maximum absolute atomic E-state index is 12.7. The Kier molecular flexibility index (Phi) is 4.35. The zero-order valence-corrected chi connectivity index (χ0v) is 11.5. The van der Waals surface area contributed by atoms with Gasteiger partial charge in [-0.1, -0.05) is 6.07 Å². The van der Waals surface area contributed by atoms with E-state index in [2.05, 4.69) is 10.6 Å². The second-order valence-electron chi connectivity index (χ2n) is 4.61. The molecule has 116 valence electrons. The fourth-order valence-corrected chi connectivity index (χ4v) is 1.75. The van der Waals surface area contributed by atoms with E-state index in [4.69, 9.17) is 0 Å². The Morgan fingerprint density at radius 1 is 1.00 bits per heavy atom. The molecule has 2 aromatic rings. The molecule has 7 heteroatoms. The lowest BCUT2D eigenvalue weighted by molar-refractivity contribution is -0.137. The van der Waals surface area contributed by atoms with Crippen molar-refractivity contribution in [3.05, 3.63) is 59.4 Å². The molecule has 0 bridgehead atoms. The summed E-state index contributed by atoms with van der Waals surface area (Å²) in [4.78, 5) is 11.8. The summed E-state index contributed by atoms with van der Waals surface area (Å²) in [5.41, 5.74) is 0.00963. The van der Waals surface area contributed by atoms with Crippen molar-refractivity contribution in [2.75, 3.05) is 10.6 Å². The van der Waals surface area contributed by atoms with Crippen LogP contribution in [0.2, 0.25) is 0 Å². The van der Waals surface area contributed by atoms with Gasteiger partial charge in [0.15, 0.2) is 0 Å². The van der Waals surface area contributed by atoms with Crippen LogP contribution in [0.1, 0.15) is 11.1 Å². The molecule has 0 aliphatic rings. The van der Waals surface area contributed by atoms with Crippen molar-refractivity contribution in [3.63, 3.8) is 0 Å². The van der Waals surface area contributed by atoms with Gasteiger partial charge >= 0.3 is 12.2 Å². The SMILES string of the molecule is Cc1ccc(C(F)(F)F)cc1NC(=O)Nc1ccc(F)cc1. The lowest BCUT2D eigenvalue weighted by Crippen LogP contribution is -2.20. The molecule has 0 spiro atoms. The lowest BCUT2D eigenvalue weighted by atomic mass is 10.1. The number of anilines is 2. The third-order valence-electron chi connectivity index (χ3n) is 2.92. The number of benzene rings is 2. The van der Waals surface area contributed by atoms with Crippen molar-refractivity contribution in [2.45, 2.75) is 13.1 Å². The maximum Gasteiger partial charge on any atom is 0.416 e.